The van der Waals surface area contributed by atoms with Gasteiger partial charge in [-0.25, -0.2) is 6.42 Å². The van der Waals surface area contributed by atoms with Crippen LogP contribution in [-0.4, -0.2) is 37.7 Å². The van der Waals surface area contributed by atoms with Crippen LogP contribution in [0.3, 0.4) is 0 Å². The second-order valence-corrected chi connectivity index (χ2v) is 4.67. The van der Waals surface area contributed by atoms with Crippen LogP contribution in [0.1, 0.15) is 101 Å². The largest absolute Gasteiger partial charge is 1.00 e. The topological polar surface area (TPSA) is 102 Å². The van der Waals surface area contributed by atoms with E-state index in [1.165, 1.54) is 65.7 Å². The fourth-order valence-corrected chi connectivity index (χ4v) is 1.32. The van der Waals surface area contributed by atoms with Crippen molar-refractivity contribution in [1.82, 2.24) is 0 Å². The third-order valence-corrected chi connectivity index (χ3v) is 2.78. The van der Waals surface area contributed by atoms with Crippen LogP contribution >= 0.6 is 0 Å². The molecule has 0 aromatic rings. The van der Waals surface area contributed by atoms with Crippen LogP contribution < -0.4 is 668 Å². The summed E-state index contributed by atoms with van der Waals surface area (Å²) in [6.07, 6.45) is 17.1. The van der Waals surface area contributed by atoms with E-state index >= 15 is 0 Å². The van der Waals surface area contributed by atoms with Crippen molar-refractivity contribution in [2.45, 2.75) is 101 Å². The van der Waals surface area contributed by atoms with E-state index in [2.05, 4.69) is 34.1 Å². The summed E-state index contributed by atoms with van der Waals surface area (Å²) in [5.41, 5.74) is 0.377. The summed E-state index contributed by atoms with van der Waals surface area (Å²) in [6.45, 7) is 21.0. The van der Waals surface area contributed by atoms with Crippen LogP contribution in [0.25, 0.3) is 0 Å². The third-order valence-electron chi connectivity index (χ3n) is 2.78. The van der Waals surface area contributed by atoms with E-state index in [0.29, 0.717) is 18.3 Å². The fraction of sp³-hybridized carbons (Fsp3) is 0.372. The Hall–Kier alpha value is 19.3. The molecule has 19 heteroatoms. The molecule has 0 aliphatic heterocycles. The van der Waals surface area contributed by atoms with Crippen molar-refractivity contribution in [3.8, 4) is 0 Å². The van der Waals surface area contributed by atoms with Gasteiger partial charge in [-0.05, 0) is 0 Å². The molecule has 0 aliphatic rings. The Morgan fingerprint density at radius 2 is 0.500 bits per heavy atom. The van der Waals surface area contributed by atoms with E-state index in [1.807, 2.05) is 0 Å². The molecule has 0 saturated heterocycles. The van der Waals surface area contributed by atoms with Crippen molar-refractivity contribution in [3.05, 3.63) is 154 Å². The molecule has 0 aromatic heterocycles. The SMILES string of the molecule is C.CC[C-]=O.CC[C-]=O.C[C-]=O.C[C-]=O.C[C-]=O.C[C-]=O.[CH2-]CCC([CH-]C)(C[CH2-])CC.[CH3-].[CH3-].[CH3-].[CH3-].[CH3-].[CH3-].[CH3-].[CH3-].[CH3-].[CH3-].[CH3-].[CH3-].[CH3-].[CH3-].[CH3-].[CH3-].[CH3-].[CH3-].[K+].[K+].[K+].[K+].[K+].[K+].[K+].[K+].[K+].[K+].[K+].[K+].[K+]. The second kappa shape index (κ2) is 344. The Morgan fingerprint density at radius 1 is 0.387 bits per heavy atom. The van der Waals surface area contributed by atoms with Crippen LogP contribution in [0.5, 0.6) is 0 Å². The number of rotatable bonds is 7. The number of hydrogen-bond acceptors (Lipinski definition) is 6. The monoisotopic (exact) mass is 1220 g/mol. The van der Waals surface area contributed by atoms with E-state index in [9.17, 15) is 0 Å². The summed E-state index contributed by atoms with van der Waals surface area (Å²) in [7, 11) is 0. The minimum absolute atomic E-state index is 0. The molecule has 0 aliphatic carbocycles. The summed E-state index contributed by atoms with van der Waals surface area (Å²) >= 11 is 0. The van der Waals surface area contributed by atoms with Crippen LogP contribution in [0.2, 0.25) is 0 Å². The Labute approximate surface area is 962 Å². The quantitative estimate of drug-likeness (QED) is 0.186. The van der Waals surface area contributed by atoms with Crippen molar-refractivity contribution in [2.75, 3.05) is 0 Å². The minimum atomic E-state index is 0. The van der Waals surface area contributed by atoms with Crippen molar-refractivity contribution >= 4 is 37.7 Å². The molecule has 6 nitrogen and oxygen atoms in total. The predicted molar refractivity (Wildman–Crippen MR) is 247 cm³/mol. The molecule has 0 N–H and O–H groups in total. The van der Waals surface area contributed by atoms with E-state index in [0.717, 1.165) is 12.8 Å². The van der Waals surface area contributed by atoms with Gasteiger partial charge >= 0.3 is 668 Å². The average molecular weight is 1220 g/mol. The molecule has 0 amide bonds. The summed E-state index contributed by atoms with van der Waals surface area (Å²) in [6, 6.07) is 0. The van der Waals surface area contributed by atoms with Gasteiger partial charge in [-0.15, -0.1) is 6.42 Å². The molecule has 0 saturated carbocycles. The van der Waals surface area contributed by atoms with Gasteiger partial charge in [0.25, 0.3) is 0 Å². The van der Waals surface area contributed by atoms with E-state index < -0.39 is 0 Å². The van der Waals surface area contributed by atoms with Gasteiger partial charge in [-0.2, -0.15) is 59.3 Å². The molecule has 0 rings (SSSR count). The molecule has 1 unspecified atom stereocenters. The number of carbonyl (C=O) groups excluding carboxylic acids is 6. The van der Waals surface area contributed by atoms with Crippen LogP contribution in [0.4, 0.5) is 0 Å². The Balaban J connectivity index is -0.00000000256. The maximum absolute atomic E-state index is 9.05. The first-order chi connectivity index (χ1) is 14.2. The zero-order valence-corrected chi connectivity index (χ0v) is 91.8. The molecule has 1 atom stereocenters. The summed E-state index contributed by atoms with van der Waals surface area (Å²) in [4.78, 5) is 52.8. The van der Waals surface area contributed by atoms with Crippen molar-refractivity contribution in [2.24, 2.45) is 5.41 Å². The zero-order chi connectivity index (χ0) is 25.7. The summed E-state index contributed by atoms with van der Waals surface area (Å²) in [5.74, 6) is 0. The molecule has 0 bridgehead atoms. The smallest absolute Gasteiger partial charge is 0.542 e. The van der Waals surface area contributed by atoms with Crippen molar-refractivity contribution in [3.63, 3.8) is 0 Å². The molecular weight excluding hydrogens is 1120 g/mol. The molecule has 334 valence electrons. The first-order valence-electron chi connectivity index (χ1n) is 9.48. The first kappa shape index (κ1) is 293. The molecule has 62 heavy (non-hydrogen) atoms. The van der Waals surface area contributed by atoms with Gasteiger partial charge in [0.15, 0.2) is 0 Å². The summed E-state index contributed by atoms with van der Waals surface area (Å²) < 4.78 is 0. The maximum atomic E-state index is 9.05. The predicted octanol–water partition coefficient (Wildman–Crippen LogP) is -25.3. The van der Waals surface area contributed by atoms with Gasteiger partial charge in [0.05, 0.1) is 0 Å². The van der Waals surface area contributed by atoms with Gasteiger partial charge in [0.2, 0.25) is 0 Å². The van der Waals surface area contributed by atoms with Crippen LogP contribution in [0, 0.1) is 159 Å². The third kappa shape index (κ3) is 413. The van der Waals surface area contributed by atoms with Crippen molar-refractivity contribution in [1.29, 1.82) is 0 Å². The Kier molecular flexibility index (Phi) is 1630. The normalized spacial score (nSPS) is 4.35. The van der Waals surface area contributed by atoms with Crippen molar-refractivity contribution < 1.29 is 697 Å². The second-order valence-electron chi connectivity index (χ2n) is 4.67. The van der Waals surface area contributed by atoms with Crippen LogP contribution in [0.15, 0.2) is 0 Å². The average Bonchev–Trinajstić information content (AvgIpc) is 2.75. The molecule has 0 spiro atoms. The molecule has 0 heterocycles. The summed E-state index contributed by atoms with van der Waals surface area (Å²) in [5, 5.41) is 0. The first-order valence-corrected chi connectivity index (χ1v) is 9.48. The zero-order valence-electron chi connectivity index (χ0n) is 51.2. The fourth-order valence-electron chi connectivity index (χ4n) is 1.32. The van der Waals surface area contributed by atoms with Crippen LogP contribution in [-0.2, 0) is 28.8 Å². The van der Waals surface area contributed by atoms with Gasteiger partial charge in [0.1, 0.15) is 0 Å². The molecular formula is C43H99K13O6-14. The van der Waals surface area contributed by atoms with Gasteiger partial charge in [-0.3, -0.25) is 37.7 Å². The minimum Gasteiger partial charge on any atom is -0.542 e. The van der Waals surface area contributed by atoms with E-state index in [-0.39, 0.29) is 809 Å². The molecule has 0 radical (unpaired) electrons. The molecule has 0 fully saturated rings. The van der Waals surface area contributed by atoms with Gasteiger partial charge in [-0.1, -0.05) is 34.6 Å². The van der Waals surface area contributed by atoms with Gasteiger partial charge in [0, 0.05) is 0 Å². The standard InChI is InChI=1S/C10H19.2C3H5O.4C2H3O.CH4.18CH3.13K/c1-5-9-10(6-2,7-3)8-4;2*1-2-3-4;4*1-2-3;;;;;;;;;;;;;;;;;;;;;;;;;;;;;;;;/h7H,1-2,5-6,8-9H2,3-4H3;2*2H2,1H3;4*1H3;1H4;18*1H3;;;;;;;;;;;;;/q-3;6*-1;;18*-1;13*+1. The Bertz CT molecular complexity index is 321. The van der Waals surface area contributed by atoms with E-state index in [4.69, 9.17) is 28.8 Å². The Morgan fingerprint density at radius 3 is 0.516 bits per heavy atom. The van der Waals surface area contributed by atoms with E-state index in [1.54, 1.807) is 26.4 Å². The number of hydrogen-bond donors (Lipinski definition) is 0. The molecule has 0 aromatic carbocycles. The van der Waals surface area contributed by atoms with Gasteiger partial charge < -0.3 is 183 Å². The maximum Gasteiger partial charge on any atom is 1.00 e.